The first-order chi connectivity index (χ1) is 13.0. The minimum Gasteiger partial charge on any atom is -0.236 e. The summed E-state index contributed by atoms with van der Waals surface area (Å²) in [5, 5.41) is 3.63. The van der Waals surface area contributed by atoms with Crippen LogP contribution in [-0.2, 0) is 16.0 Å². The molecule has 0 bridgehead atoms. The van der Waals surface area contributed by atoms with Crippen LogP contribution in [0.5, 0.6) is 0 Å². The van der Waals surface area contributed by atoms with E-state index in [4.69, 9.17) is 6.42 Å². The lowest BCUT2D eigenvalue weighted by atomic mass is 10.0. The predicted octanol–water partition coefficient (Wildman–Crippen LogP) is 3.65. The molecular formula is C19H14F3N3O2S. The van der Waals surface area contributed by atoms with Crippen molar-refractivity contribution >= 4 is 9.84 Å². The van der Waals surface area contributed by atoms with Crippen molar-refractivity contribution in [2.24, 2.45) is 0 Å². The zero-order valence-electron chi connectivity index (χ0n) is 14.8. The topological polar surface area (TPSA) is 64.8 Å². The molecule has 0 aliphatic heterocycles. The third-order valence-electron chi connectivity index (χ3n) is 4.04. The average molecular weight is 405 g/mol. The van der Waals surface area contributed by atoms with Gasteiger partial charge in [0.15, 0.2) is 21.3 Å². The van der Waals surface area contributed by atoms with E-state index < -0.39 is 21.7 Å². The molecule has 2 aromatic heterocycles. The van der Waals surface area contributed by atoms with Gasteiger partial charge in [0.2, 0.25) is 0 Å². The van der Waals surface area contributed by atoms with Crippen molar-refractivity contribution in [3.05, 3.63) is 59.4 Å². The minimum absolute atomic E-state index is 0.0461. The molecule has 0 saturated carbocycles. The van der Waals surface area contributed by atoms with Crippen LogP contribution in [0.15, 0.2) is 47.5 Å². The second-order valence-electron chi connectivity index (χ2n) is 6.12. The first-order valence-electron chi connectivity index (χ1n) is 7.92. The molecule has 0 aliphatic carbocycles. The number of pyridine rings is 1. The third-order valence-corrected chi connectivity index (χ3v) is 5.14. The molecule has 0 aliphatic rings. The molecule has 0 atom stereocenters. The highest BCUT2D eigenvalue weighted by Gasteiger charge is 2.35. The molecule has 0 amide bonds. The molecule has 0 unspecified atom stereocenters. The molecule has 0 saturated heterocycles. The Morgan fingerprint density at radius 1 is 1.14 bits per heavy atom. The molecular weight excluding hydrogens is 391 g/mol. The Balaban J connectivity index is 2.19. The number of benzene rings is 1. The number of hydrogen-bond donors (Lipinski definition) is 0. The van der Waals surface area contributed by atoms with E-state index in [-0.39, 0.29) is 16.4 Å². The summed E-state index contributed by atoms with van der Waals surface area (Å²) in [6.45, 7) is 1.75. The summed E-state index contributed by atoms with van der Waals surface area (Å²) >= 11 is 0. The number of nitrogens with zero attached hydrogens (tertiary/aromatic N) is 3. The smallest absolute Gasteiger partial charge is 0.236 e. The van der Waals surface area contributed by atoms with E-state index in [0.29, 0.717) is 11.1 Å². The fourth-order valence-corrected chi connectivity index (χ4v) is 3.16. The van der Waals surface area contributed by atoms with Crippen LogP contribution < -0.4 is 0 Å². The van der Waals surface area contributed by atoms with Crippen LogP contribution in [0.1, 0.15) is 16.8 Å². The summed E-state index contributed by atoms with van der Waals surface area (Å²) in [6.07, 6.45) is 2.84. The lowest BCUT2D eigenvalue weighted by Crippen LogP contribution is -2.08. The summed E-state index contributed by atoms with van der Waals surface area (Å²) in [5.74, 6) is 2.55. The number of halogens is 3. The summed E-state index contributed by atoms with van der Waals surface area (Å²) in [5.41, 5.74) is 0.880. The first-order valence-corrected chi connectivity index (χ1v) is 9.81. The molecule has 0 spiro atoms. The number of sulfone groups is 1. The highest BCUT2D eigenvalue weighted by molar-refractivity contribution is 7.90. The van der Waals surface area contributed by atoms with Crippen LogP contribution in [0.3, 0.4) is 0 Å². The van der Waals surface area contributed by atoms with Gasteiger partial charge < -0.3 is 0 Å². The minimum atomic E-state index is -4.65. The number of rotatable bonds is 3. The van der Waals surface area contributed by atoms with E-state index >= 15 is 0 Å². The van der Waals surface area contributed by atoms with Crippen molar-refractivity contribution in [2.45, 2.75) is 18.0 Å². The molecule has 2 heterocycles. The first kappa shape index (κ1) is 19.6. The third kappa shape index (κ3) is 3.77. The Morgan fingerprint density at radius 3 is 2.36 bits per heavy atom. The Morgan fingerprint density at radius 2 is 1.86 bits per heavy atom. The molecule has 5 nitrogen and oxygen atoms in total. The van der Waals surface area contributed by atoms with Gasteiger partial charge in [-0.3, -0.25) is 0 Å². The standard InChI is InChI=1S/C19H14F3N3O2S/c1-4-13-5-6-14(9-12(13)2)16-10-17(19(20,21)22)24-25(16)18-8-7-15(11-23-18)28(3,26)27/h1,5-11H,2-3H3. The SMILES string of the molecule is C#Cc1ccc(-c2cc(C(F)(F)F)nn2-c2ccc(S(C)(=O)=O)cn2)cc1C. The van der Waals surface area contributed by atoms with Crippen molar-refractivity contribution in [3.8, 4) is 29.4 Å². The van der Waals surface area contributed by atoms with E-state index in [9.17, 15) is 21.6 Å². The number of hydrogen-bond acceptors (Lipinski definition) is 4. The lowest BCUT2D eigenvalue weighted by molar-refractivity contribution is -0.141. The monoisotopic (exact) mass is 405 g/mol. The van der Waals surface area contributed by atoms with E-state index in [2.05, 4.69) is 16.0 Å². The molecule has 144 valence electrons. The second-order valence-corrected chi connectivity index (χ2v) is 8.14. The van der Waals surface area contributed by atoms with E-state index in [1.165, 1.54) is 12.1 Å². The van der Waals surface area contributed by atoms with Crippen molar-refractivity contribution in [1.82, 2.24) is 14.8 Å². The van der Waals surface area contributed by atoms with Gasteiger partial charge in [0.1, 0.15) is 0 Å². The maximum atomic E-state index is 13.2. The van der Waals surface area contributed by atoms with Gasteiger partial charge in [-0.1, -0.05) is 12.0 Å². The van der Waals surface area contributed by atoms with Crippen LogP contribution in [0.4, 0.5) is 13.2 Å². The van der Waals surface area contributed by atoms with Gasteiger partial charge in [0.25, 0.3) is 0 Å². The van der Waals surface area contributed by atoms with Crippen LogP contribution in [-0.4, -0.2) is 29.4 Å². The Hall–Kier alpha value is -3.12. The summed E-state index contributed by atoms with van der Waals surface area (Å²) in [7, 11) is -3.49. The molecule has 0 fully saturated rings. The maximum Gasteiger partial charge on any atom is 0.435 e. The fourth-order valence-electron chi connectivity index (χ4n) is 2.60. The highest BCUT2D eigenvalue weighted by Crippen LogP contribution is 2.33. The van der Waals surface area contributed by atoms with Gasteiger partial charge in [-0.25, -0.2) is 18.1 Å². The van der Waals surface area contributed by atoms with Gasteiger partial charge >= 0.3 is 6.18 Å². The quantitative estimate of drug-likeness (QED) is 0.624. The zero-order valence-corrected chi connectivity index (χ0v) is 15.6. The Labute approximate surface area is 159 Å². The average Bonchev–Trinajstić information content (AvgIpc) is 3.07. The Kier molecular flexibility index (Phi) is 4.77. The molecule has 1 aromatic carbocycles. The van der Waals surface area contributed by atoms with Crippen molar-refractivity contribution in [1.29, 1.82) is 0 Å². The van der Waals surface area contributed by atoms with Crippen LogP contribution in [0.25, 0.3) is 17.1 Å². The molecule has 28 heavy (non-hydrogen) atoms. The summed E-state index contributed by atoms with van der Waals surface area (Å²) < 4.78 is 63.9. The van der Waals surface area contributed by atoms with E-state index in [1.54, 1.807) is 25.1 Å². The number of terminal acetylenes is 1. The predicted molar refractivity (Wildman–Crippen MR) is 97.6 cm³/mol. The molecule has 0 N–H and O–H groups in total. The number of alkyl halides is 3. The fraction of sp³-hybridized carbons (Fsp3) is 0.158. The van der Waals surface area contributed by atoms with Gasteiger partial charge in [-0.2, -0.15) is 18.3 Å². The molecule has 3 aromatic rings. The van der Waals surface area contributed by atoms with Crippen LogP contribution in [0.2, 0.25) is 0 Å². The lowest BCUT2D eigenvalue weighted by Gasteiger charge is -2.09. The van der Waals surface area contributed by atoms with Crippen molar-refractivity contribution in [2.75, 3.05) is 6.26 Å². The van der Waals surface area contributed by atoms with Crippen LogP contribution >= 0.6 is 0 Å². The second kappa shape index (κ2) is 6.80. The number of aryl methyl sites for hydroxylation is 1. The Bertz CT molecular complexity index is 1190. The van der Waals surface area contributed by atoms with Gasteiger partial charge in [-0.05, 0) is 42.8 Å². The van der Waals surface area contributed by atoms with E-state index in [1.807, 2.05) is 0 Å². The van der Waals surface area contributed by atoms with Crippen molar-refractivity contribution in [3.63, 3.8) is 0 Å². The van der Waals surface area contributed by atoms with Crippen molar-refractivity contribution < 1.29 is 21.6 Å². The summed E-state index contributed by atoms with van der Waals surface area (Å²) in [4.78, 5) is 3.93. The maximum absolute atomic E-state index is 13.2. The summed E-state index contributed by atoms with van der Waals surface area (Å²) in [6, 6.07) is 8.37. The molecule has 0 radical (unpaired) electrons. The molecule has 9 heteroatoms. The molecule has 3 rings (SSSR count). The van der Waals surface area contributed by atoms with E-state index in [0.717, 1.165) is 28.8 Å². The zero-order chi connectivity index (χ0) is 20.7. The normalized spacial score (nSPS) is 12.0. The largest absolute Gasteiger partial charge is 0.435 e. The number of aromatic nitrogens is 3. The van der Waals surface area contributed by atoms with Gasteiger partial charge in [0, 0.05) is 23.6 Å². The highest BCUT2D eigenvalue weighted by atomic mass is 32.2. The van der Waals surface area contributed by atoms with Gasteiger partial charge in [-0.15, -0.1) is 6.42 Å². The van der Waals surface area contributed by atoms with Crippen LogP contribution in [0, 0.1) is 19.3 Å². The van der Waals surface area contributed by atoms with Gasteiger partial charge in [0.05, 0.1) is 10.6 Å².